The predicted molar refractivity (Wildman–Crippen MR) is 131 cm³/mol. The van der Waals surface area contributed by atoms with Crippen LogP contribution >= 0.6 is 0 Å². The Balaban J connectivity index is 1.42. The molecule has 5 rings (SSSR count). The topological polar surface area (TPSA) is 71.9 Å². The molecule has 0 saturated carbocycles. The molecule has 4 aromatic rings. The molecule has 1 saturated heterocycles. The van der Waals surface area contributed by atoms with E-state index in [4.69, 9.17) is 4.74 Å². The molecular weight excluding hydrogens is 469 g/mol. The van der Waals surface area contributed by atoms with E-state index in [0.717, 1.165) is 42.9 Å². The second kappa shape index (κ2) is 9.93. The second-order valence-corrected chi connectivity index (χ2v) is 9.40. The van der Waals surface area contributed by atoms with Gasteiger partial charge in [-0.2, -0.15) is 13.2 Å². The van der Waals surface area contributed by atoms with Gasteiger partial charge in [0.2, 0.25) is 0 Å². The first kappa shape index (κ1) is 24.3. The van der Waals surface area contributed by atoms with E-state index in [9.17, 15) is 13.2 Å². The molecule has 3 heterocycles. The normalized spacial score (nSPS) is 15.6. The average Bonchev–Trinajstić information content (AvgIpc) is 3.60. The van der Waals surface area contributed by atoms with E-state index in [0.29, 0.717) is 18.8 Å². The monoisotopic (exact) mass is 498 g/mol. The standard InChI is InChI=1S/C26H29F3N6O/c1-17(14-22-33-30-16-34(22)2)18-6-5-7-19(15-18)25-31-20-8-9-21(23(24(20)32-25)26(27,28)29)36-13-12-35-10-3-4-11-35/h5-9,15-17H,3-4,10-14H2,1-2H3,(H,31,32). The van der Waals surface area contributed by atoms with Gasteiger partial charge in [-0.3, -0.25) is 4.90 Å². The maximum absolute atomic E-state index is 14.1. The number of ether oxygens (including phenoxy) is 1. The molecule has 10 heteroatoms. The van der Waals surface area contributed by atoms with Crippen LogP contribution in [0.4, 0.5) is 13.2 Å². The number of aryl methyl sites for hydroxylation is 1. The number of halogens is 3. The van der Waals surface area contributed by atoms with Gasteiger partial charge in [-0.15, -0.1) is 10.2 Å². The van der Waals surface area contributed by atoms with Gasteiger partial charge >= 0.3 is 6.18 Å². The predicted octanol–water partition coefficient (Wildman–Crippen LogP) is 5.20. The molecule has 1 atom stereocenters. The zero-order valence-corrected chi connectivity index (χ0v) is 20.3. The van der Waals surface area contributed by atoms with E-state index in [2.05, 4.69) is 32.0 Å². The second-order valence-electron chi connectivity index (χ2n) is 9.40. The summed E-state index contributed by atoms with van der Waals surface area (Å²) < 4.78 is 50.0. The molecule has 190 valence electrons. The summed E-state index contributed by atoms with van der Waals surface area (Å²) in [7, 11) is 1.90. The lowest BCUT2D eigenvalue weighted by atomic mass is 9.95. The summed E-state index contributed by atoms with van der Waals surface area (Å²) in [4.78, 5) is 9.62. The van der Waals surface area contributed by atoms with Gasteiger partial charge in [0.05, 0.1) is 11.0 Å². The highest BCUT2D eigenvalue weighted by atomic mass is 19.4. The van der Waals surface area contributed by atoms with Crippen LogP contribution in [0.15, 0.2) is 42.7 Å². The number of rotatable bonds is 8. The van der Waals surface area contributed by atoms with Crippen molar-refractivity contribution in [3.63, 3.8) is 0 Å². The van der Waals surface area contributed by atoms with Crippen molar-refractivity contribution in [3.8, 4) is 17.1 Å². The fraction of sp³-hybridized carbons (Fsp3) is 0.423. The SMILES string of the molecule is CC(Cc1nncn1C)c1cccc(-c2nc3ccc(OCCN4CCCC4)c(C(F)(F)F)c3[nH]2)c1. The van der Waals surface area contributed by atoms with Crippen LogP contribution in [0.1, 0.15) is 42.6 Å². The van der Waals surface area contributed by atoms with Crippen LogP contribution in [0, 0.1) is 0 Å². The quantitative estimate of drug-likeness (QED) is 0.362. The molecule has 0 spiro atoms. The third-order valence-electron chi connectivity index (χ3n) is 6.79. The van der Waals surface area contributed by atoms with Crippen molar-refractivity contribution < 1.29 is 17.9 Å². The number of H-pyrrole nitrogens is 1. The average molecular weight is 499 g/mol. The number of nitrogens with zero attached hydrogens (tertiary/aromatic N) is 5. The smallest absolute Gasteiger partial charge is 0.422 e. The Kier molecular flexibility index (Phi) is 6.70. The first-order valence-corrected chi connectivity index (χ1v) is 12.2. The summed E-state index contributed by atoms with van der Waals surface area (Å²) >= 11 is 0. The third kappa shape index (κ3) is 5.09. The molecule has 0 aliphatic carbocycles. The lowest BCUT2D eigenvalue weighted by Gasteiger charge is -2.17. The van der Waals surface area contributed by atoms with E-state index in [-0.39, 0.29) is 29.3 Å². The van der Waals surface area contributed by atoms with Crippen molar-refractivity contribution in [2.24, 2.45) is 7.05 Å². The molecule has 1 fully saturated rings. The first-order chi connectivity index (χ1) is 17.3. The maximum Gasteiger partial charge on any atom is 0.422 e. The van der Waals surface area contributed by atoms with Crippen molar-refractivity contribution in [3.05, 3.63) is 59.7 Å². The maximum atomic E-state index is 14.1. The molecule has 36 heavy (non-hydrogen) atoms. The Morgan fingerprint density at radius 1 is 1.14 bits per heavy atom. The number of benzene rings is 2. The number of aromatic nitrogens is 5. The molecule has 2 aromatic carbocycles. The minimum atomic E-state index is -4.58. The van der Waals surface area contributed by atoms with Crippen LogP contribution < -0.4 is 4.74 Å². The van der Waals surface area contributed by atoms with E-state index < -0.39 is 11.7 Å². The van der Waals surface area contributed by atoms with Crippen molar-refractivity contribution >= 4 is 11.0 Å². The van der Waals surface area contributed by atoms with Gasteiger partial charge in [-0.05, 0) is 55.6 Å². The molecule has 0 bridgehead atoms. The highest BCUT2D eigenvalue weighted by Gasteiger charge is 2.38. The Morgan fingerprint density at radius 3 is 2.67 bits per heavy atom. The van der Waals surface area contributed by atoms with Crippen molar-refractivity contribution in [1.82, 2.24) is 29.6 Å². The van der Waals surface area contributed by atoms with E-state index in [1.165, 1.54) is 6.07 Å². The van der Waals surface area contributed by atoms with Crippen LogP contribution in [-0.2, 0) is 19.6 Å². The van der Waals surface area contributed by atoms with Gasteiger partial charge in [0.1, 0.15) is 35.9 Å². The van der Waals surface area contributed by atoms with Crippen LogP contribution in [0.25, 0.3) is 22.4 Å². The van der Waals surface area contributed by atoms with Crippen LogP contribution in [-0.4, -0.2) is 55.9 Å². The first-order valence-electron chi connectivity index (χ1n) is 12.2. The largest absolute Gasteiger partial charge is 0.492 e. The molecule has 1 aliphatic heterocycles. The number of aromatic amines is 1. The number of hydrogen-bond acceptors (Lipinski definition) is 5. The summed E-state index contributed by atoms with van der Waals surface area (Å²) in [6.45, 7) is 4.84. The van der Waals surface area contributed by atoms with E-state index >= 15 is 0 Å². The number of nitrogens with one attached hydrogen (secondary N) is 1. The van der Waals surface area contributed by atoms with Gasteiger partial charge in [0, 0.05) is 25.6 Å². The number of imidazole rings is 1. The van der Waals surface area contributed by atoms with Crippen molar-refractivity contribution in [2.45, 2.75) is 38.3 Å². The molecule has 7 nitrogen and oxygen atoms in total. The number of likely N-dealkylation sites (tertiary alicyclic amines) is 1. The Hall–Kier alpha value is -3.40. The van der Waals surface area contributed by atoms with Gasteiger partial charge < -0.3 is 14.3 Å². The van der Waals surface area contributed by atoms with Crippen molar-refractivity contribution in [1.29, 1.82) is 0 Å². The summed E-state index contributed by atoms with van der Waals surface area (Å²) in [5.74, 6) is 1.22. The van der Waals surface area contributed by atoms with Gasteiger partial charge in [0.15, 0.2) is 0 Å². The van der Waals surface area contributed by atoms with Gasteiger partial charge in [-0.1, -0.05) is 25.1 Å². The molecular formula is C26H29F3N6O. The summed E-state index contributed by atoms with van der Waals surface area (Å²) in [5, 5.41) is 8.07. The molecule has 0 radical (unpaired) electrons. The lowest BCUT2D eigenvalue weighted by molar-refractivity contribution is -0.137. The van der Waals surface area contributed by atoms with Gasteiger partial charge in [0.25, 0.3) is 0 Å². The van der Waals surface area contributed by atoms with Crippen LogP contribution in [0.5, 0.6) is 5.75 Å². The Morgan fingerprint density at radius 2 is 1.94 bits per heavy atom. The molecule has 1 unspecified atom stereocenters. The summed E-state index contributed by atoms with van der Waals surface area (Å²) in [6, 6.07) is 10.6. The minimum absolute atomic E-state index is 0.0614. The van der Waals surface area contributed by atoms with Gasteiger partial charge in [-0.25, -0.2) is 4.98 Å². The van der Waals surface area contributed by atoms with Crippen LogP contribution in [0.3, 0.4) is 0 Å². The highest BCUT2D eigenvalue weighted by molar-refractivity contribution is 5.85. The van der Waals surface area contributed by atoms with Crippen molar-refractivity contribution in [2.75, 3.05) is 26.2 Å². The molecule has 1 N–H and O–H groups in total. The molecule has 0 amide bonds. The lowest BCUT2D eigenvalue weighted by Crippen LogP contribution is -2.25. The Bertz CT molecular complexity index is 1340. The fourth-order valence-corrected chi connectivity index (χ4v) is 4.76. The van der Waals surface area contributed by atoms with Crippen LogP contribution in [0.2, 0.25) is 0 Å². The third-order valence-corrected chi connectivity index (χ3v) is 6.79. The molecule has 1 aliphatic rings. The number of alkyl halides is 3. The van der Waals surface area contributed by atoms with E-state index in [1.54, 1.807) is 12.4 Å². The fourth-order valence-electron chi connectivity index (χ4n) is 4.76. The molecule has 2 aromatic heterocycles. The summed E-state index contributed by atoms with van der Waals surface area (Å²) in [6.07, 6.45) is 0.0123. The number of fused-ring (bicyclic) bond motifs is 1. The number of hydrogen-bond donors (Lipinski definition) is 1. The zero-order valence-electron chi connectivity index (χ0n) is 20.3. The Labute approximate surface area is 207 Å². The van der Waals surface area contributed by atoms with E-state index in [1.807, 2.05) is 35.9 Å². The summed E-state index contributed by atoms with van der Waals surface area (Å²) in [5.41, 5.74) is 1.14. The highest BCUT2D eigenvalue weighted by Crippen LogP contribution is 2.41. The zero-order chi connectivity index (χ0) is 25.3. The minimum Gasteiger partial charge on any atom is -0.492 e.